The summed E-state index contributed by atoms with van der Waals surface area (Å²) in [4.78, 5) is 8.93. The Labute approximate surface area is 121 Å². The minimum Gasteiger partial charge on any atom is -0.308 e. The second kappa shape index (κ2) is 6.18. The third-order valence-electron chi connectivity index (χ3n) is 3.07. The first-order valence-corrected chi connectivity index (χ1v) is 7.22. The predicted molar refractivity (Wildman–Crippen MR) is 81.9 cm³/mol. The van der Waals surface area contributed by atoms with E-state index in [2.05, 4.69) is 59.7 Å². The van der Waals surface area contributed by atoms with Crippen molar-refractivity contribution in [2.24, 2.45) is 0 Å². The molecule has 2 aromatic heterocycles. The molecule has 0 saturated carbocycles. The first-order valence-electron chi connectivity index (χ1n) is 7.22. The summed E-state index contributed by atoms with van der Waals surface area (Å²) in [5.41, 5.74) is 1.32. The smallest absolute Gasteiger partial charge is 0.137 e. The molecule has 0 spiro atoms. The highest BCUT2D eigenvalue weighted by Gasteiger charge is 2.09. The van der Waals surface area contributed by atoms with E-state index in [0.29, 0.717) is 0 Å². The molecule has 2 rings (SSSR count). The number of rotatable bonds is 5. The van der Waals surface area contributed by atoms with Gasteiger partial charge in [0.05, 0.1) is 0 Å². The molecular weight excluding hydrogens is 248 g/mol. The fourth-order valence-corrected chi connectivity index (χ4v) is 1.98. The minimum absolute atomic E-state index is 0.122. The van der Waals surface area contributed by atoms with Crippen LogP contribution in [0.1, 0.15) is 45.5 Å². The number of hydrogen-bond donors (Lipinski definition) is 1. The van der Waals surface area contributed by atoms with Crippen LogP contribution >= 0.6 is 0 Å². The minimum atomic E-state index is 0.122. The molecule has 0 radical (unpaired) electrons. The van der Waals surface area contributed by atoms with Gasteiger partial charge in [0.15, 0.2) is 0 Å². The fourth-order valence-electron chi connectivity index (χ4n) is 1.98. The molecule has 2 aromatic rings. The summed E-state index contributed by atoms with van der Waals surface area (Å²) in [5.74, 6) is 2.01. The highest BCUT2D eigenvalue weighted by atomic mass is 15.1. The third-order valence-corrected chi connectivity index (χ3v) is 3.07. The summed E-state index contributed by atoms with van der Waals surface area (Å²) in [7, 11) is 0. The van der Waals surface area contributed by atoms with E-state index < -0.39 is 0 Å². The van der Waals surface area contributed by atoms with Crippen molar-refractivity contribution in [2.75, 3.05) is 0 Å². The van der Waals surface area contributed by atoms with E-state index in [1.807, 2.05) is 18.6 Å². The van der Waals surface area contributed by atoms with Gasteiger partial charge in [0.2, 0.25) is 0 Å². The lowest BCUT2D eigenvalue weighted by atomic mass is 10.1. The average molecular weight is 272 g/mol. The van der Waals surface area contributed by atoms with Gasteiger partial charge in [-0.15, -0.1) is 0 Å². The standard InChI is InChI=1S/C16H24N4/c1-5-6-14-17-9-10-20(14)15-8-7-13(11-18-15)12-19-16(2,3)4/h7-11,19H,5-6,12H2,1-4H3. The van der Waals surface area contributed by atoms with Crippen molar-refractivity contribution in [3.8, 4) is 5.82 Å². The molecule has 0 atom stereocenters. The van der Waals surface area contributed by atoms with Crippen molar-refractivity contribution in [3.05, 3.63) is 42.1 Å². The van der Waals surface area contributed by atoms with Gasteiger partial charge in [-0.1, -0.05) is 13.0 Å². The summed E-state index contributed by atoms with van der Waals surface area (Å²) in [6.07, 6.45) is 7.80. The molecular formula is C16H24N4. The lowest BCUT2D eigenvalue weighted by molar-refractivity contribution is 0.424. The van der Waals surface area contributed by atoms with Crippen LogP contribution in [0.2, 0.25) is 0 Å². The highest BCUT2D eigenvalue weighted by Crippen LogP contribution is 2.11. The van der Waals surface area contributed by atoms with E-state index in [4.69, 9.17) is 0 Å². The van der Waals surface area contributed by atoms with Crippen molar-refractivity contribution < 1.29 is 0 Å². The summed E-state index contributed by atoms with van der Waals surface area (Å²) in [6, 6.07) is 4.18. The maximum Gasteiger partial charge on any atom is 0.137 e. The van der Waals surface area contributed by atoms with Gasteiger partial charge in [-0.25, -0.2) is 9.97 Å². The molecule has 1 N–H and O–H groups in total. The molecule has 0 amide bonds. The fraction of sp³-hybridized carbons (Fsp3) is 0.500. The average Bonchev–Trinajstić information content (AvgIpc) is 2.85. The molecule has 0 saturated heterocycles. The Bertz CT molecular complexity index is 534. The Balaban J connectivity index is 2.09. The second-order valence-electron chi connectivity index (χ2n) is 6.09. The van der Waals surface area contributed by atoms with Crippen LogP contribution in [-0.4, -0.2) is 20.1 Å². The van der Waals surface area contributed by atoms with Gasteiger partial charge in [-0.3, -0.25) is 4.57 Å². The maximum atomic E-state index is 4.55. The van der Waals surface area contributed by atoms with E-state index in [1.54, 1.807) is 0 Å². The zero-order valence-corrected chi connectivity index (χ0v) is 12.8. The number of pyridine rings is 1. The maximum absolute atomic E-state index is 4.55. The molecule has 0 unspecified atom stereocenters. The Kier molecular flexibility index (Phi) is 4.55. The van der Waals surface area contributed by atoms with Gasteiger partial charge in [0.1, 0.15) is 11.6 Å². The van der Waals surface area contributed by atoms with Crippen LogP contribution in [0.15, 0.2) is 30.7 Å². The molecule has 4 nitrogen and oxygen atoms in total. The molecule has 0 aliphatic rings. The Morgan fingerprint density at radius 3 is 2.60 bits per heavy atom. The van der Waals surface area contributed by atoms with Crippen LogP contribution in [0.3, 0.4) is 0 Å². The van der Waals surface area contributed by atoms with Crippen LogP contribution in [-0.2, 0) is 13.0 Å². The molecule has 0 aliphatic carbocycles. The number of nitrogens with one attached hydrogen (secondary N) is 1. The van der Waals surface area contributed by atoms with Crippen LogP contribution in [0.5, 0.6) is 0 Å². The topological polar surface area (TPSA) is 42.7 Å². The first kappa shape index (κ1) is 14.7. The number of nitrogens with zero attached hydrogens (tertiary/aromatic N) is 3. The molecule has 108 valence electrons. The van der Waals surface area contributed by atoms with Gasteiger partial charge in [0.25, 0.3) is 0 Å². The third kappa shape index (κ3) is 3.90. The lowest BCUT2D eigenvalue weighted by Gasteiger charge is -2.20. The highest BCUT2D eigenvalue weighted by molar-refractivity contribution is 5.27. The van der Waals surface area contributed by atoms with Crippen LogP contribution < -0.4 is 5.32 Å². The molecule has 0 aliphatic heterocycles. The normalized spacial score (nSPS) is 11.8. The monoisotopic (exact) mass is 272 g/mol. The second-order valence-corrected chi connectivity index (χ2v) is 6.09. The molecule has 0 aromatic carbocycles. The summed E-state index contributed by atoms with van der Waals surface area (Å²) >= 11 is 0. The number of aryl methyl sites for hydroxylation is 1. The van der Waals surface area contributed by atoms with E-state index in [1.165, 1.54) is 5.56 Å². The van der Waals surface area contributed by atoms with E-state index >= 15 is 0 Å². The summed E-state index contributed by atoms with van der Waals surface area (Å²) < 4.78 is 2.06. The van der Waals surface area contributed by atoms with Gasteiger partial charge < -0.3 is 5.32 Å². The van der Waals surface area contributed by atoms with Gasteiger partial charge in [0, 0.05) is 37.1 Å². The van der Waals surface area contributed by atoms with Gasteiger partial charge in [-0.2, -0.15) is 0 Å². The van der Waals surface area contributed by atoms with Crippen molar-refractivity contribution in [3.63, 3.8) is 0 Å². The van der Waals surface area contributed by atoms with E-state index in [-0.39, 0.29) is 5.54 Å². The lowest BCUT2D eigenvalue weighted by Crippen LogP contribution is -2.35. The quantitative estimate of drug-likeness (QED) is 0.909. The van der Waals surface area contributed by atoms with Gasteiger partial charge in [-0.05, 0) is 38.8 Å². The zero-order valence-electron chi connectivity index (χ0n) is 12.8. The number of imidazole rings is 1. The van der Waals surface area contributed by atoms with Crippen LogP contribution in [0, 0.1) is 0 Å². The van der Waals surface area contributed by atoms with Crippen LogP contribution in [0.4, 0.5) is 0 Å². The summed E-state index contributed by atoms with van der Waals surface area (Å²) in [6.45, 7) is 9.49. The zero-order chi connectivity index (χ0) is 14.6. The molecule has 4 heteroatoms. The predicted octanol–water partition coefficient (Wildman–Crippen LogP) is 3.11. The first-order chi connectivity index (χ1) is 9.49. The largest absolute Gasteiger partial charge is 0.308 e. The van der Waals surface area contributed by atoms with Crippen molar-refractivity contribution >= 4 is 0 Å². The molecule has 2 heterocycles. The SMILES string of the molecule is CCCc1nccn1-c1ccc(CNC(C)(C)C)cn1. The molecule has 0 bridgehead atoms. The number of aromatic nitrogens is 3. The number of hydrogen-bond acceptors (Lipinski definition) is 3. The Morgan fingerprint density at radius 2 is 2.00 bits per heavy atom. The molecule has 0 fully saturated rings. The van der Waals surface area contributed by atoms with Crippen molar-refractivity contribution in [2.45, 2.75) is 52.6 Å². The Morgan fingerprint density at radius 1 is 1.20 bits per heavy atom. The molecule has 20 heavy (non-hydrogen) atoms. The van der Waals surface area contributed by atoms with Crippen molar-refractivity contribution in [1.29, 1.82) is 0 Å². The van der Waals surface area contributed by atoms with Gasteiger partial charge >= 0.3 is 0 Å². The summed E-state index contributed by atoms with van der Waals surface area (Å²) in [5, 5.41) is 3.46. The van der Waals surface area contributed by atoms with E-state index in [0.717, 1.165) is 31.0 Å². The Hall–Kier alpha value is -1.68. The van der Waals surface area contributed by atoms with Crippen molar-refractivity contribution in [1.82, 2.24) is 19.9 Å². The van der Waals surface area contributed by atoms with E-state index in [9.17, 15) is 0 Å². The van der Waals surface area contributed by atoms with Crippen LogP contribution in [0.25, 0.3) is 5.82 Å².